The van der Waals surface area contributed by atoms with E-state index in [2.05, 4.69) is 15.9 Å². The lowest BCUT2D eigenvalue weighted by atomic mass is 9.89. The molecule has 0 radical (unpaired) electrons. The van der Waals surface area contributed by atoms with Crippen molar-refractivity contribution in [1.29, 1.82) is 0 Å². The van der Waals surface area contributed by atoms with Gasteiger partial charge in [0.15, 0.2) is 9.84 Å². The molecule has 0 aliphatic carbocycles. The Kier molecular flexibility index (Phi) is 4.38. The zero-order valence-electron chi connectivity index (χ0n) is 10.3. The molecule has 96 valence electrons. The lowest BCUT2D eigenvalue weighted by molar-refractivity contribution is 0.340. The van der Waals surface area contributed by atoms with Crippen molar-refractivity contribution in [1.82, 2.24) is 0 Å². The number of benzene rings is 1. The van der Waals surface area contributed by atoms with Gasteiger partial charge in [-0.25, -0.2) is 8.42 Å². The normalized spacial score (nSPS) is 14.6. The zero-order chi connectivity index (χ0) is 13.3. The Bertz CT molecular complexity index is 474. The van der Waals surface area contributed by atoms with Gasteiger partial charge in [0.25, 0.3) is 0 Å². The number of nitrogens with two attached hydrogens (primary N) is 1. The van der Waals surface area contributed by atoms with Gasteiger partial charge in [-0.2, -0.15) is 0 Å². The van der Waals surface area contributed by atoms with Gasteiger partial charge in [0.2, 0.25) is 0 Å². The van der Waals surface area contributed by atoms with E-state index in [-0.39, 0.29) is 17.2 Å². The molecule has 5 heteroatoms. The summed E-state index contributed by atoms with van der Waals surface area (Å²) in [5, 5.41) is 0. The van der Waals surface area contributed by atoms with Crippen LogP contribution in [0.5, 0.6) is 0 Å². The van der Waals surface area contributed by atoms with Crippen LogP contribution in [0.4, 0.5) is 0 Å². The predicted molar refractivity (Wildman–Crippen MR) is 73.6 cm³/mol. The third-order valence-corrected chi connectivity index (χ3v) is 5.00. The molecular weight excluding hydrogens is 302 g/mol. The van der Waals surface area contributed by atoms with E-state index < -0.39 is 9.84 Å². The molecule has 0 aliphatic rings. The number of hydrogen-bond acceptors (Lipinski definition) is 3. The lowest BCUT2D eigenvalue weighted by Crippen LogP contribution is -2.41. The Hall–Kier alpha value is -0.390. The minimum atomic E-state index is -3.31. The fourth-order valence-corrected chi connectivity index (χ4v) is 3.20. The first kappa shape index (κ1) is 14.7. The average Bonchev–Trinajstić information content (AvgIpc) is 2.16. The summed E-state index contributed by atoms with van der Waals surface area (Å²) in [6.07, 6.45) is 0. The van der Waals surface area contributed by atoms with Gasteiger partial charge in [-0.1, -0.05) is 36.7 Å². The molecule has 0 saturated heterocycles. The van der Waals surface area contributed by atoms with Crippen LogP contribution >= 0.6 is 15.9 Å². The number of sulfone groups is 1. The second-order valence-electron chi connectivity index (χ2n) is 5.21. The third-order valence-electron chi connectivity index (χ3n) is 2.68. The molecule has 1 unspecified atom stereocenters. The topological polar surface area (TPSA) is 60.2 Å². The van der Waals surface area contributed by atoms with Crippen molar-refractivity contribution >= 4 is 25.8 Å². The van der Waals surface area contributed by atoms with Crippen molar-refractivity contribution in [2.45, 2.75) is 31.7 Å². The van der Waals surface area contributed by atoms with E-state index in [4.69, 9.17) is 5.73 Å². The first-order valence-corrected chi connectivity index (χ1v) is 7.81. The monoisotopic (exact) mass is 319 g/mol. The van der Waals surface area contributed by atoms with Crippen molar-refractivity contribution in [2.75, 3.05) is 5.75 Å². The van der Waals surface area contributed by atoms with Crippen molar-refractivity contribution in [2.24, 2.45) is 11.1 Å². The number of hydrogen-bond donors (Lipinski definition) is 1. The summed E-state index contributed by atoms with van der Waals surface area (Å²) in [4.78, 5) is 0.320. The summed E-state index contributed by atoms with van der Waals surface area (Å²) in [7, 11) is -3.31. The molecule has 0 bridgehead atoms. The fraction of sp³-hybridized carbons (Fsp3) is 0.500. The molecular formula is C12H18BrNO2S. The lowest BCUT2D eigenvalue weighted by Gasteiger charge is -2.26. The second-order valence-corrected chi connectivity index (χ2v) is 8.16. The minimum Gasteiger partial charge on any atom is -0.326 e. The molecule has 1 aromatic carbocycles. The first-order chi connectivity index (χ1) is 7.63. The summed E-state index contributed by atoms with van der Waals surface area (Å²) >= 11 is 3.28. The highest BCUT2D eigenvalue weighted by Gasteiger charge is 2.27. The Morgan fingerprint density at radius 3 is 2.12 bits per heavy atom. The number of rotatable bonds is 3. The summed E-state index contributed by atoms with van der Waals surface area (Å²) in [6, 6.07) is 6.24. The fourth-order valence-electron chi connectivity index (χ4n) is 1.22. The summed E-state index contributed by atoms with van der Waals surface area (Å²) in [5.74, 6) is -0.0296. The molecule has 1 rings (SSSR count). The summed E-state index contributed by atoms with van der Waals surface area (Å²) in [6.45, 7) is 5.82. The molecule has 1 aromatic rings. The van der Waals surface area contributed by atoms with Crippen LogP contribution in [0.25, 0.3) is 0 Å². The van der Waals surface area contributed by atoms with Gasteiger partial charge in [0, 0.05) is 10.5 Å². The van der Waals surface area contributed by atoms with Crippen LogP contribution in [0.15, 0.2) is 33.6 Å². The molecule has 1 atom stereocenters. The highest BCUT2D eigenvalue weighted by molar-refractivity contribution is 9.10. The second kappa shape index (κ2) is 5.08. The van der Waals surface area contributed by atoms with Gasteiger partial charge in [0.1, 0.15) is 0 Å². The molecule has 0 heterocycles. The SMILES string of the molecule is CC(C)(C)C(N)CS(=O)(=O)c1ccc(Br)cc1. The maximum absolute atomic E-state index is 12.1. The molecule has 0 aromatic heterocycles. The quantitative estimate of drug-likeness (QED) is 0.931. The number of halogens is 1. The van der Waals surface area contributed by atoms with Gasteiger partial charge >= 0.3 is 0 Å². The molecule has 0 spiro atoms. The average molecular weight is 320 g/mol. The van der Waals surface area contributed by atoms with Crippen molar-refractivity contribution in [3.8, 4) is 0 Å². The minimum absolute atomic E-state index is 0.0296. The van der Waals surface area contributed by atoms with Gasteiger partial charge in [0.05, 0.1) is 10.6 Å². The van der Waals surface area contributed by atoms with E-state index in [1.807, 2.05) is 20.8 Å². The van der Waals surface area contributed by atoms with Crippen molar-refractivity contribution in [3.63, 3.8) is 0 Å². The summed E-state index contributed by atoms with van der Waals surface area (Å²) < 4.78 is 25.1. The highest BCUT2D eigenvalue weighted by Crippen LogP contribution is 2.22. The van der Waals surface area contributed by atoms with Crippen LogP contribution < -0.4 is 5.73 Å². The molecule has 17 heavy (non-hydrogen) atoms. The smallest absolute Gasteiger partial charge is 0.179 e. The molecule has 2 N–H and O–H groups in total. The Labute approximate surface area is 111 Å². The highest BCUT2D eigenvalue weighted by atomic mass is 79.9. The van der Waals surface area contributed by atoms with E-state index in [1.54, 1.807) is 24.3 Å². The molecule has 0 aliphatic heterocycles. The van der Waals surface area contributed by atoms with Crippen LogP contribution in [0.3, 0.4) is 0 Å². The largest absolute Gasteiger partial charge is 0.326 e. The maximum atomic E-state index is 12.1. The maximum Gasteiger partial charge on any atom is 0.179 e. The molecule has 0 amide bonds. The Morgan fingerprint density at radius 1 is 1.24 bits per heavy atom. The third kappa shape index (κ3) is 4.08. The van der Waals surface area contributed by atoms with Gasteiger partial charge in [-0.3, -0.25) is 0 Å². The first-order valence-electron chi connectivity index (χ1n) is 5.37. The molecule has 3 nitrogen and oxygen atoms in total. The Morgan fingerprint density at radius 2 is 1.71 bits per heavy atom. The van der Waals surface area contributed by atoms with Crippen LogP contribution in [-0.4, -0.2) is 20.2 Å². The van der Waals surface area contributed by atoms with E-state index in [0.717, 1.165) is 4.47 Å². The Balaban J connectivity index is 2.94. The molecule has 0 fully saturated rings. The van der Waals surface area contributed by atoms with Crippen LogP contribution in [-0.2, 0) is 9.84 Å². The van der Waals surface area contributed by atoms with Crippen molar-refractivity contribution < 1.29 is 8.42 Å². The van der Waals surface area contributed by atoms with Gasteiger partial charge in [-0.05, 0) is 29.7 Å². The van der Waals surface area contributed by atoms with E-state index in [9.17, 15) is 8.42 Å². The molecule has 0 saturated carbocycles. The van der Waals surface area contributed by atoms with E-state index >= 15 is 0 Å². The summed E-state index contributed by atoms with van der Waals surface area (Å²) in [5.41, 5.74) is 5.70. The van der Waals surface area contributed by atoms with Crippen LogP contribution in [0.1, 0.15) is 20.8 Å². The zero-order valence-corrected chi connectivity index (χ0v) is 12.7. The van der Waals surface area contributed by atoms with Crippen molar-refractivity contribution in [3.05, 3.63) is 28.7 Å². The van der Waals surface area contributed by atoms with E-state index in [0.29, 0.717) is 4.90 Å². The predicted octanol–water partition coefficient (Wildman–Crippen LogP) is 2.60. The van der Waals surface area contributed by atoms with Crippen LogP contribution in [0, 0.1) is 5.41 Å². The van der Waals surface area contributed by atoms with E-state index in [1.165, 1.54) is 0 Å². The van der Waals surface area contributed by atoms with Gasteiger partial charge in [-0.15, -0.1) is 0 Å². The van der Waals surface area contributed by atoms with Gasteiger partial charge < -0.3 is 5.73 Å². The standard InChI is InChI=1S/C12H18BrNO2S/c1-12(2,3)11(14)8-17(15,16)10-6-4-9(13)5-7-10/h4-7,11H,8,14H2,1-3H3. The van der Waals surface area contributed by atoms with Crippen LogP contribution in [0.2, 0.25) is 0 Å².